The minimum absolute atomic E-state index is 0.418. The number of rotatable bonds is 11. The van der Waals surface area contributed by atoms with Gasteiger partial charge >= 0.3 is 0 Å². The molecule has 0 saturated carbocycles. The minimum atomic E-state index is -1.94. The smallest absolute Gasteiger partial charge is 0.187 e. The van der Waals surface area contributed by atoms with Crippen molar-refractivity contribution < 1.29 is 99.5 Å². The quantitative estimate of drug-likeness (QED) is 0.0956. The number of ether oxygens (including phenoxy) is 7. The van der Waals surface area contributed by atoms with Crippen LogP contribution in [0, 0.1) is 5.92 Å². The molecule has 4 aliphatic heterocycles. The molecule has 20 atom stereocenters. The molecule has 0 aromatic carbocycles. The van der Waals surface area contributed by atoms with Gasteiger partial charge in [0.2, 0.25) is 0 Å². The predicted molar refractivity (Wildman–Crippen MR) is 147 cm³/mol. The first-order valence-electron chi connectivity index (χ1n) is 15.3. The van der Waals surface area contributed by atoms with Gasteiger partial charge in [0.15, 0.2) is 18.9 Å². The summed E-state index contributed by atoms with van der Waals surface area (Å²) < 4.78 is 39.9. The highest BCUT2D eigenvalue weighted by Crippen LogP contribution is 2.36. The van der Waals surface area contributed by atoms with E-state index >= 15 is 0 Å². The van der Waals surface area contributed by atoms with E-state index in [1.54, 1.807) is 13.8 Å². The average molecular weight is 693 g/mol. The Labute approximate surface area is 268 Å². The lowest BCUT2D eigenvalue weighted by atomic mass is 9.88. The highest BCUT2D eigenvalue weighted by molar-refractivity contribution is 4.99. The van der Waals surface area contributed by atoms with Crippen LogP contribution >= 0.6 is 0 Å². The zero-order valence-corrected chi connectivity index (χ0v) is 25.6. The maximum Gasteiger partial charge on any atom is 0.187 e. The molecule has 276 valence electrons. The van der Waals surface area contributed by atoms with Crippen LogP contribution in [0.4, 0.5) is 0 Å². The van der Waals surface area contributed by atoms with Crippen LogP contribution in [0.3, 0.4) is 0 Å². The van der Waals surface area contributed by atoms with E-state index in [0.29, 0.717) is 0 Å². The minimum Gasteiger partial charge on any atom is -0.394 e. The fraction of sp³-hybridized carbons (Fsp3) is 1.00. The zero-order chi connectivity index (χ0) is 34.9. The maximum absolute atomic E-state index is 11.6. The normalized spacial score (nSPS) is 51.3. The van der Waals surface area contributed by atoms with Gasteiger partial charge in [-0.05, 0) is 5.92 Å². The molecule has 4 saturated heterocycles. The van der Waals surface area contributed by atoms with E-state index in [4.69, 9.17) is 33.2 Å². The summed E-state index contributed by atoms with van der Waals surface area (Å²) in [6.45, 7) is 0.229. The van der Waals surface area contributed by atoms with Gasteiger partial charge in [0.05, 0.1) is 32.5 Å². The van der Waals surface area contributed by atoms with Crippen molar-refractivity contribution in [1.29, 1.82) is 0 Å². The molecular formula is C27H48O20. The van der Waals surface area contributed by atoms with Crippen molar-refractivity contribution in [2.45, 2.75) is 136 Å². The summed E-state index contributed by atoms with van der Waals surface area (Å²) in [6.07, 6.45) is -33.2. The second-order valence-electron chi connectivity index (χ2n) is 12.5. The lowest BCUT2D eigenvalue weighted by Gasteiger charge is -2.50. The van der Waals surface area contributed by atoms with Crippen LogP contribution in [0.15, 0.2) is 0 Å². The molecule has 0 aromatic heterocycles. The molecule has 4 rings (SSSR count). The van der Waals surface area contributed by atoms with Gasteiger partial charge in [-0.3, -0.25) is 0 Å². The fourth-order valence-corrected chi connectivity index (χ4v) is 6.10. The molecule has 0 amide bonds. The van der Waals surface area contributed by atoms with E-state index in [2.05, 4.69) is 0 Å². The van der Waals surface area contributed by atoms with Crippen LogP contribution in [0.5, 0.6) is 0 Å². The lowest BCUT2D eigenvalue weighted by Crippen LogP contribution is -2.68. The van der Waals surface area contributed by atoms with Crippen LogP contribution in [-0.4, -0.2) is 215 Å². The Morgan fingerprint density at radius 1 is 0.404 bits per heavy atom. The van der Waals surface area contributed by atoms with E-state index in [9.17, 15) is 66.4 Å². The number of hydrogen-bond acceptors (Lipinski definition) is 20. The van der Waals surface area contributed by atoms with E-state index in [-0.39, 0.29) is 0 Å². The van der Waals surface area contributed by atoms with E-state index in [1.165, 1.54) is 0 Å². The SMILES string of the molecule is CC(C)[C@@H]1O[C@H](CO)[C@@H](O[C@@H]2O[C@H](CO)[C@@H](O)[C@H](O)[C@H]2O[C@@H]2O[C@H](CO)[C@@H](O)[C@H](O)[C@H]2O)[C@H](O)[C@H]1O[C@@H]1O[C@H](CO)[C@@H](O)[C@H](O)[C@H]1O. The van der Waals surface area contributed by atoms with Crippen LogP contribution in [0.1, 0.15) is 13.8 Å². The Morgan fingerprint density at radius 3 is 1.21 bits per heavy atom. The third-order valence-electron chi connectivity index (χ3n) is 8.93. The topological polar surface area (TPSA) is 328 Å². The van der Waals surface area contributed by atoms with Crippen molar-refractivity contribution in [3.05, 3.63) is 0 Å². The van der Waals surface area contributed by atoms with Crippen molar-refractivity contribution >= 4 is 0 Å². The van der Waals surface area contributed by atoms with E-state index in [1.807, 2.05) is 0 Å². The molecule has 4 aliphatic rings. The van der Waals surface area contributed by atoms with Crippen molar-refractivity contribution in [3.63, 3.8) is 0 Å². The highest BCUT2D eigenvalue weighted by Gasteiger charge is 2.56. The van der Waals surface area contributed by atoms with Crippen LogP contribution in [0.25, 0.3) is 0 Å². The molecule has 0 aliphatic carbocycles. The zero-order valence-electron chi connectivity index (χ0n) is 25.6. The third-order valence-corrected chi connectivity index (χ3v) is 8.93. The third kappa shape index (κ3) is 7.92. The second-order valence-corrected chi connectivity index (χ2v) is 12.5. The summed E-state index contributed by atoms with van der Waals surface area (Å²) in [4.78, 5) is 0. The van der Waals surface area contributed by atoms with Crippen molar-refractivity contribution in [1.82, 2.24) is 0 Å². The molecule has 0 spiro atoms. The lowest BCUT2D eigenvalue weighted by molar-refractivity contribution is -0.389. The average Bonchev–Trinajstić information content (AvgIpc) is 3.05. The van der Waals surface area contributed by atoms with Crippen molar-refractivity contribution in [2.75, 3.05) is 26.4 Å². The number of aliphatic hydroxyl groups is 13. The van der Waals surface area contributed by atoms with Gasteiger partial charge < -0.3 is 99.5 Å². The molecule has 4 heterocycles. The molecule has 0 aromatic rings. The highest BCUT2D eigenvalue weighted by atomic mass is 16.8. The van der Waals surface area contributed by atoms with Gasteiger partial charge in [-0.2, -0.15) is 0 Å². The molecule has 0 radical (unpaired) electrons. The van der Waals surface area contributed by atoms with Crippen molar-refractivity contribution in [3.8, 4) is 0 Å². The van der Waals surface area contributed by atoms with Gasteiger partial charge in [0.1, 0.15) is 97.7 Å². The number of aliphatic hydroxyl groups excluding tert-OH is 13. The Morgan fingerprint density at radius 2 is 0.787 bits per heavy atom. The Kier molecular flexibility index (Phi) is 13.7. The second kappa shape index (κ2) is 16.5. The van der Waals surface area contributed by atoms with E-state index < -0.39 is 155 Å². The summed E-state index contributed by atoms with van der Waals surface area (Å²) in [7, 11) is 0. The first-order chi connectivity index (χ1) is 22.2. The van der Waals surface area contributed by atoms with E-state index in [0.717, 1.165) is 0 Å². The Bertz CT molecular complexity index is 959. The molecule has 4 fully saturated rings. The van der Waals surface area contributed by atoms with Gasteiger partial charge in [0, 0.05) is 0 Å². The summed E-state index contributed by atoms with van der Waals surface area (Å²) in [5.74, 6) is -0.418. The monoisotopic (exact) mass is 692 g/mol. The molecule has 47 heavy (non-hydrogen) atoms. The summed E-state index contributed by atoms with van der Waals surface area (Å²) in [6, 6.07) is 0. The van der Waals surface area contributed by atoms with Gasteiger partial charge in [-0.25, -0.2) is 0 Å². The van der Waals surface area contributed by atoms with Gasteiger partial charge in [-0.15, -0.1) is 0 Å². The summed E-state index contributed by atoms with van der Waals surface area (Å²) in [5.41, 5.74) is 0. The molecule has 13 N–H and O–H groups in total. The molecular weight excluding hydrogens is 644 g/mol. The summed E-state index contributed by atoms with van der Waals surface area (Å²) >= 11 is 0. The molecule has 20 nitrogen and oxygen atoms in total. The van der Waals surface area contributed by atoms with Gasteiger partial charge in [0.25, 0.3) is 0 Å². The predicted octanol–water partition coefficient (Wildman–Crippen LogP) is -8.04. The first kappa shape index (κ1) is 39.0. The van der Waals surface area contributed by atoms with Crippen LogP contribution in [0.2, 0.25) is 0 Å². The molecule has 0 unspecified atom stereocenters. The first-order valence-corrected chi connectivity index (χ1v) is 15.3. The fourth-order valence-electron chi connectivity index (χ4n) is 6.10. The largest absolute Gasteiger partial charge is 0.394 e. The number of hydrogen-bond donors (Lipinski definition) is 13. The Balaban J connectivity index is 1.61. The van der Waals surface area contributed by atoms with Crippen LogP contribution < -0.4 is 0 Å². The summed E-state index contributed by atoms with van der Waals surface area (Å²) in [5, 5.41) is 134. The maximum atomic E-state index is 11.6. The molecule has 0 bridgehead atoms. The van der Waals surface area contributed by atoms with Gasteiger partial charge in [-0.1, -0.05) is 13.8 Å². The standard InChI is InChI=1S/C27H48O20/c1-7(2)21-23(46-25-18(38)15(35)12(32)8(3-28)42-25)20(40)22(11(6-31)41-21)45-27-24(17(37)14(34)10(5-30)44-27)47-26-19(39)16(36)13(33)9(4-29)43-26/h7-40H,3-6H2,1-2H3/t8-,9-,10-,11-,12-,13-,14-,15+,16+,17+,18-,19-,20+,21+,22-,23-,24-,25+,26+,27+/m1/s1. The van der Waals surface area contributed by atoms with Crippen LogP contribution in [-0.2, 0) is 33.2 Å². The van der Waals surface area contributed by atoms with Crippen molar-refractivity contribution in [2.24, 2.45) is 5.92 Å². The Hall–Kier alpha value is -0.800. The molecule has 20 heteroatoms.